The van der Waals surface area contributed by atoms with Gasteiger partial charge >= 0.3 is 0 Å². The summed E-state index contributed by atoms with van der Waals surface area (Å²) in [5, 5.41) is 21.5. The van der Waals surface area contributed by atoms with Crippen molar-refractivity contribution >= 4 is 13.3 Å². The van der Waals surface area contributed by atoms with E-state index in [9.17, 15) is 10.2 Å². The number of rotatable bonds is 5. The van der Waals surface area contributed by atoms with Crippen molar-refractivity contribution in [2.24, 2.45) is 0 Å². The second-order valence-electron chi connectivity index (χ2n) is 5.12. The molecule has 0 aromatic heterocycles. The van der Waals surface area contributed by atoms with Crippen LogP contribution in [0.2, 0.25) is 13.1 Å². The SMILES string of the molecule is C=C([C@H](O)C[C@H](C)O)[Si](C)(C)c1ccccc1. The molecule has 2 atom stereocenters. The van der Waals surface area contributed by atoms with Gasteiger partial charge in [-0.1, -0.05) is 53.8 Å². The lowest BCUT2D eigenvalue weighted by Crippen LogP contribution is -2.47. The van der Waals surface area contributed by atoms with Gasteiger partial charge in [-0.15, -0.1) is 6.58 Å². The third-order valence-electron chi connectivity index (χ3n) is 3.26. The normalized spacial score (nSPS) is 15.4. The van der Waals surface area contributed by atoms with Crippen LogP contribution in [0.1, 0.15) is 13.3 Å². The minimum Gasteiger partial charge on any atom is -0.393 e. The molecule has 0 aliphatic heterocycles. The summed E-state index contributed by atoms with van der Waals surface area (Å²) >= 11 is 0. The van der Waals surface area contributed by atoms with Gasteiger partial charge in [0.1, 0.15) is 8.07 Å². The molecule has 0 aliphatic carbocycles. The lowest BCUT2D eigenvalue weighted by Gasteiger charge is -2.29. The molecule has 94 valence electrons. The molecular formula is C14H22O2Si. The van der Waals surface area contributed by atoms with Crippen LogP contribution in [0.5, 0.6) is 0 Å². The maximum atomic E-state index is 10.1. The zero-order valence-corrected chi connectivity index (χ0v) is 11.9. The fraction of sp³-hybridized carbons (Fsp3) is 0.429. The highest BCUT2D eigenvalue weighted by atomic mass is 28.3. The second-order valence-corrected chi connectivity index (χ2v) is 9.59. The third kappa shape index (κ3) is 3.53. The number of hydrogen-bond donors (Lipinski definition) is 2. The summed E-state index contributed by atoms with van der Waals surface area (Å²) in [4.78, 5) is 0. The maximum Gasteiger partial charge on any atom is 0.110 e. The highest BCUT2D eigenvalue weighted by Crippen LogP contribution is 2.19. The quantitative estimate of drug-likeness (QED) is 0.783. The Morgan fingerprint density at radius 3 is 2.24 bits per heavy atom. The van der Waals surface area contributed by atoms with Gasteiger partial charge in [0.25, 0.3) is 0 Å². The van der Waals surface area contributed by atoms with Crippen molar-refractivity contribution in [3.63, 3.8) is 0 Å². The predicted octanol–water partition coefficient (Wildman–Crippen LogP) is 1.83. The van der Waals surface area contributed by atoms with E-state index in [0.717, 1.165) is 5.20 Å². The predicted molar refractivity (Wildman–Crippen MR) is 75.0 cm³/mol. The molecule has 2 nitrogen and oxygen atoms in total. The van der Waals surface area contributed by atoms with Crippen LogP contribution < -0.4 is 5.19 Å². The molecule has 0 fully saturated rings. The van der Waals surface area contributed by atoms with Crippen molar-refractivity contribution in [2.75, 3.05) is 0 Å². The van der Waals surface area contributed by atoms with Gasteiger partial charge in [0, 0.05) is 6.42 Å². The van der Waals surface area contributed by atoms with Crippen molar-refractivity contribution in [3.05, 3.63) is 42.1 Å². The Balaban J connectivity index is 2.87. The van der Waals surface area contributed by atoms with E-state index in [2.05, 4.69) is 31.8 Å². The summed E-state index contributed by atoms with van der Waals surface area (Å²) in [5.41, 5.74) is 0. The summed E-state index contributed by atoms with van der Waals surface area (Å²) in [7, 11) is -1.87. The molecule has 0 aliphatic rings. The molecule has 3 heteroatoms. The van der Waals surface area contributed by atoms with E-state index in [4.69, 9.17) is 0 Å². The van der Waals surface area contributed by atoms with Crippen molar-refractivity contribution in [1.29, 1.82) is 0 Å². The van der Waals surface area contributed by atoms with Gasteiger partial charge in [-0.05, 0) is 6.92 Å². The lowest BCUT2D eigenvalue weighted by molar-refractivity contribution is 0.114. The highest BCUT2D eigenvalue weighted by Gasteiger charge is 2.31. The zero-order valence-electron chi connectivity index (χ0n) is 10.9. The molecule has 1 rings (SSSR count). The first-order valence-corrected chi connectivity index (χ1v) is 8.96. The van der Waals surface area contributed by atoms with E-state index in [-0.39, 0.29) is 0 Å². The Morgan fingerprint density at radius 1 is 1.24 bits per heavy atom. The van der Waals surface area contributed by atoms with Gasteiger partial charge in [-0.2, -0.15) is 0 Å². The Labute approximate surface area is 105 Å². The van der Waals surface area contributed by atoms with Crippen LogP contribution in [0.4, 0.5) is 0 Å². The van der Waals surface area contributed by atoms with Gasteiger partial charge in [0.05, 0.1) is 12.2 Å². The highest BCUT2D eigenvalue weighted by molar-refractivity contribution is 6.95. The van der Waals surface area contributed by atoms with E-state index in [1.807, 2.05) is 18.2 Å². The van der Waals surface area contributed by atoms with Crippen LogP contribution in [0.25, 0.3) is 0 Å². The van der Waals surface area contributed by atoms with Crippen LogP contribution in [0, 0.1) is 0 Å². The molecule has 0 spiro atoms. The van der Waals surface area contributed by atoms with E-state index >= 15 is 0 Å². The van der Waals surface area contributed by atoms with Crippen molar-refractivity contribution in [3.8, 4) is 0 Å². The van der Waals surface area contributed by atoms with Gasteiger partial charge in [0.15, 0.2) is 0 Å². The van der Waals surface area contributed by atoms with Crippen molar-refractivity contribution in [2.45, 2.75) is 38.6 Å². The minimum absolute atomic E-state index is 0.363. The molecule has 0 unspecified atom stereocenters. The molecule has 17 heavy (non-hydrogen) atoms. The average molecular weight is 250 g/mol. The van der Waals surface area contributed by atoms with Gasteiger partial charge in [-0.25, -0.2) is 0 Å². The summed E-state index contributed by atoms with van der Waals surface area (Å²) < 4.78 is 0. The molecule has 0 bridgehead atoms. The topological polar surface area (TPSA) is 40.5 Å². The summed E-state index contributed by atoms with van der Waals surface area (Å²) in [5.74, 6) is 0. The fourth-order valence-corrected chi connectivity index (χ4v) is 4.27. The third-order valence-corrected chi connectivity index (χ3v) is 6.98. The second kappa shape index (κ2) is 5.62. The number of aliphatic hydroxyl groups excluding tert-OH is 2. The first-order chi connectivity index (χ1) is 7.85. The van der Waals surface area contributed by atoms with Crippen LogP contribution in [-0.4, -0.2) is 30.5 Å². The number of benzene rings is 1. The molecule has 0 saturated carbocycles. The molecule has 1 aromatic rings. The summed E-state index contributed by atoms with van der Waals surface area (Å²) in [6.45, 7) is 10.1. The Bertz CT molecular complexity index is 371. The molecule has 2 N–H and O–H groups in total. The van der Waals surface area contributed by atoms with Crippen LogP contribution in [0.3, 0.4) is 0 Å². The monoisotopic (exact) mass is 250 g/mol. The fourth-order valence-electron chi connectivity index (χ4n) is 1.92. The van der Waals surface area contributed by atoms with E-state index < -0.39 is 20.3 Å². The van der Waals surface area contributed by atoms with Crippen molar-refractivity contribution in [1.82, 2.24) is 0 Å². The minimum atomic E-state index is -1.87. The van der Waals surface area contributed by atoms with Crippen LogP contribution in [-0.2, 0) is 0 Å². The summed E-state index contributed by atoms with van der Waals surface area (Å²) in [6, 6.07) is 10.2. The first-order valence-electron chi connectivity index (χ1n) is 5.96. The van der Waals surface area contributed by atoms with Crippen LogP contribution in [0.15, 0.2) is 42.1 Å². The van der Waals surface area contributed by atoms with Gasteiger partial charge < -0.3 is 10.2 Å². The molecule has 0 radical (unpaired) electrons. The molecule has 0 amide bonds. The zero-order chi connectivity index (χ0) is 13.1. The molecule has 1 aromatic carbocycles. The van der Waals surface area contributed by atoms with Gasteiger partial charge in [-0.3, -0.25) is 0 Å². The summed E-state index contributed by atoms with van der Waals surface area (Å²) in [6.07, 6.45) is -0.749. The average Bonchev–Trinajstić information content (AvgIpc) is 2.28. The van der Waals surface area contributed by atoms with Crippen LogP contribution >= 0.6 is 0 Å². The Morgan fingerprint density at radius 2 is 1.76 bits per heavy atom. The van der Waals surface area contributed by atoms with Crippen molar-refractivity contribution < 1.29 is 10.2 Å². The van der Waals surface area contributed by atoms with Gasteiger partial charge in [0.2, 0.25) is 0 Å². The molecule has 0 heterocycles. The number of hydrogen-bond acceptors (Lipinski definition) is 2. The number of aliphatic hydroxyl groups is 2. The Hall–Kier alpha value is -0.903. The first kappa shape index (κ1) is 14.2. The maximum absolute atomic E-state index is 10.1. The Kier molecular flexibility index (Phi) is 4.68. The van der Waals surface area contributed by atoms with E-state index in [1.165, 1.54) is 5.19 Å². The lowest BCUT2D eigenvalue weighted by atomic mass is 10.2. The van der Waals surface area contributed by atoms with E-state index in [1.54, 1.807) is 6.92 Å². The molecular weight excluding hydrogens is 228 g/mol. The largest absolute Gasteiger partial charge is 0.393 e. The molecule has 0 saturated heterocycles. The van der Waals surface area contributed by atoms with E-state index in [0.29, 0.717) is 6.42 Å². The smallest absolute Gasteiger partial charge is 0.110 e. The standard InChI is InChI=1S/C14H22O2Si/c1-11(15)10-14(16)12(2)17(3,4)13-8-6-5-7-9-13/h5-9,11,14-16H,2,10H2,1,3-4H3/t11-,14+/m0/s1.